The summed E-state index contributed by atoms with van der Waals surface area (Å²) in [6, 6.07) is 7.54. The first-order chi connectivity index (χ1) is 8.79. The lowest BCUT2D eigenvalue weighted by atomic mass is 10.1. The van der Waals surface area contributed by atoms with E-state index < -0.39 is 0 Å². The number of benzene rings is 1. The lowest BCUT2D eigenvalue weighted by Crippen LogP contribution is -2.40. The zero-order chi connectivity index (χ0) is 12.8. The standard InChI is InChI=1S/C13H18N4O.HI/c1-14-12(18)11-5-3-10(4-6-11)9-17-13-15-7-2-8-16-13;/h3-6H,2,7-9H2,1H3,(H,14,18)(H2,15,16,17);1H. The van der Waals surface area contributed by atoms with Gasteiger partial charge in [-0.15, -0.1) is 24.0 Å². The number of rotatable bonds is 3. The molecular weight excluding hydrogens is 355 g/mol. The van der Waals surface area contributed by atoms with Gasteiger partial charge < -0.3 is 16.0 Å². The highest BCUT2D eigenvalue weighted by atomic mass is 127. The van der Waals surface area contributed by atoms with E-state index in [0.29, 0.717) is 12.1 Å². The summed E-state index contributed by atoms with van der Waals surface area (Å²) in [6.45, 7) is 2.56. The number of hydrogen-bond donors (Lipinski definition) is 3. The van der Waals surface area contributed by atoms with Gasteiger partial charge in [0, 0.05) is 32.2 Å². The highest BCUT2D eigenvalue weighted by Gasteiger charge is 2.04. The van der Waals surface area contributed by atoms with E-state index in [1.165, 1.54) is 0 Å². The van der Waals surface area contributed by atoms with E-state index in [-0.39, 0.29) is 29.9 Å². The fourth-order valence-corrected chi connectivity index (χ4v) is 1.76. The monoisotopic (exact) mass is 374 g/mol. The topological polar surface area (TPSA) is 65.5 Å². The van der Waals surface area contributed by atoms with Gasteiger partial charge in [-0.2, -0.15) is 0 Å². The van der Waals surface area contributed by atoms with Crippen LogP contribution in [0, 0.1) is 0 Å². The van der Waals surface area contributed by atoms with Gasteiger partial charge in [0.15, 0.2) is 5.96 Å². The van der Waals surface area contributed by atoms with Gasteiger partial charge in [-0.1, -0.05) is 12.1 Å². The average molecular weight is 374 g/mol. The quantitative estimate of drug-likeness (QED) is 0.695. The van der Waals surface area contributed by atoms with Crippen molar-refractivity contribution in [2.24, 2.45) is 4.99 Å². The molecule has 3 N–H and O–H groups in total. The van der Waals surface area contributed by atoms with Crippen LogP contribution in [-0.2, 0) is 6.54 Å². The Labute approximate surface area is 130 Å². The number of carbonyl (C=O) groups excluding carboxylic acids is 1. The van der Waals surface area contributed by atoms with Crippen LogP contribution in [0.4, 0.5) is 0 Å². The molecule has 1 aromatic rings. The molecule has 0 aliphatic carbocycles. The summed E-state index contributed by atoms with van der Waals surface area (Å²) < 4.78 is 0. The van der Waals surface area contributed by atoms with Crippen LogP contribution in [0.2, 0.25) is 0 Å². The van der Waals surface area contributed by atoms with Crippen LogP contribution in [-0.4, -0.2) is 32.0 Å². The first-order valence-electron chi connectivity index (χ1n) is 6.13. The fourth-order valence-electron chi connectivity index (χ4n) is 1.76. The van der Waals surface area contributed by atoms with Crippen LogP contribution in [0.25, 0.3) is 0 Å². The summed E-state index contributed by atoms with van der Waals surface area (Å²) >= 11 is 0. The molecule has 0 unspecified atom stereocenters. The van der Waals surface area contributed by atoms with E-state index in [4.69, 9.17) is 0 Å². The summed E-state index contributed by atoms with van der Waals surface area (Å²) in [5.41, 5.74) is 1.80. The van der Waals surface area contributed by atoms with Gasteiger partial charge in [0.05, 0.1) is 0 Å². The lowest BCUT2D eigenvalue weighted by molar-refractivity contribution is 0.0963. The Morgan fingerprint density at radius 1 is 1.37 bits per heavy atom. The third-order valence-corrected chi connectivity index (χ3v) is 2.80. The van der Waals surface area contributed by atoms with Crippen LogP contribution in [0.1, 0.15) is 22.3 Å². The van der Waals surface area contributed by atoms with Crippen molar-refractivity contribution in [3.05, 3.63) is 35.4 Å². The number of guanidine groups is 1. The molecule has 1 aliphatic heterocycles. The molecule has 0 radical (unpaired) electrons. The smallest absolute Gasteiger partial charge is 0.251 e. The molecule has 0 atom stereocenters. The third-order valence-electron chi connectivity index (χ3n) is 2.80. The van der Waals surface area contributed by atoms with Gasteiger partial charge >= 0.3 is 0 Å². The Balaban J connectivity index is 0.00000180. The number of carbonyl (C=O) groups is 1. The molecule has 0 spiro atoms. The summed E-state index contributed by atoms with van der Waals surface area (Å²) in [4.78, 5) is 15.7. The van der Waals surface area contributed by atoms with Crippen molar-refractivity contribution in [1.82, 2.24) is 16.0 Å². The van der Waals surface area contributed by atoms with Gasteiger partial charge in [0.2, 0.25) is 0 Å². The molecule has 0 saturated heterocycles. The van der Waals surface area contributed by atoms with Crippen molar-refractivity contribution in [2.45, 2.75) is 13.0 Å². The van der Waals surface area contributed by atoms with Gasteiger partial charge in [-0.25, -0.2) is 0 Å². The molecule has 6 heteroatoms. The predicted octanol–water partition coefficient (Wildman–Crippen LogP) is 1.10. The maximum absolute atomic E-state index is 11.4. The molecule has 0 saturated carbocycles. The van der Waals surface area contributed by atoms with Gasteiger partial charge in [-0.3, -0.25) is 9.79 Å². The molecular formula is C13H19IN4O. The Bertz CT molecular complexity index is 444. The van der Waals surface area contributed by atoms with Crippen LogP contribution in [0.5, 0.6) is 0 Å². The van der Waals surface area contributed by atoms with Crippen LogP contribution >= 0.6 is 24.0 Å². The molecule has 0 aromatic heterocycles. The van der Waals surface area contributed by atoms with E-state index in [0.717, 1.165) is 31.0 Å². The SMILES string of the molecule is CNC(=O)c1ccc(CNC2=NCCCN2)cc1.I. The summed E-state index contributed by atoms with van der Waals surface area (Å²) in [7, 11) is 1.63. The second kappa shape index (κ2) is 7.98. The minimum absolute atomic E-state index is 0. The maximum Gasteiger partial charge on any atom is 0.251 e. The number of halogens is 1. The van der Waals surface area contributed by atoms with Crippen molar-refractivity contribution < 1.29 is 4.79 Å². The van der Waals surface area contributed by atoms with E-state index >= 15 is 0 Å². The largest absolute Gasteiger partial charge is 0.356 e. The van der Waals surface area contributed by atoms with Crippen molar-refractivity contribution in [3.63, 3.8) is 0 Å². The normalized spacial score (nSPS) is 13.6. The second-order valence-corrected chi connectivity index (χ2v) is 4.14. The number of nitrogens with one attached hydrogen (secondary N) is 3. The van der Waals surface area contributed by atoms with Crippen molar-refractivity contribution in [1.29, 1.82) is 0 Å². The first-order valence-corrected chi connectivity index (χ1v) is 6.13. The molecule has 0 fully saturated rings. The Kier molecular flexibility index (Phi) is 6.61. The molecule has 5 nitrogen and oxygen atoms in total. The third kappa shape index (κ3) is 4.70. The lowest BCUT2D eigenvalue weighted by Gasteiger charge is -2.16. The average Bonchev–Trinajstić information content (AvgIpc) is 2.46. The molecule has 19 heavy (non-hydrogen) atoms. The summed E-state index contributed by atoms with van der Waals surface area (Å²) in [6.07, 6.45) is 1.09. The zero-order valence-corrected chi connectivity index (χ0v) is 13.2. The van der Waals surface area contributed by atoms with E-state index in [2.05, 4.69) is 20.9 Å². The first kappa shape index (κ1) is 15.7. The minimum atomic E-state index is -0.0622. The highest BCUT2D eigenvalue weighted by molar-refractivity contribution is 14.0. The van der Waals surface area contributed by atoms with E-state index in [9.17, 15) is 4.79 Å². The second-order valence-electron chi connectivity index (χ2n) is 4.14. The predicted molar refractivity (Wildman–Crippen MR) is 87.0 cm³/mol. The van der Waals surface area contributed by atoms with Crippen molar-refractivity contribution in [2.75, 3.05) is 20.1 Å². The van der Waals surface area contributed by atoms with E-state index in [1.54, 1.807) is 7.05 Å². The number of nitrogens with zero attached hydrogens (tertiary/aromatic N) is 1. The molecule has 0 bridgehead atoms. The van der Waals surface area contributed by atoms with Crippen molar-refractivity contribution >= 4 is 35.8 Å². The van der Waals surface area contributed by atoms with Gasteiger partial charge in [0.1, 0.15) is 0 Å². The van der Waals surface area contributed by atoms with Crippen LogP contribution in [0.15, 0.2) is 29.3 Å². The van der Waals surface area contributed by atoms with Crippen LogP contribution < -0.4 is 16.0 Å². The van der Waals surface area contributed by atoms with Gasteiger partial charge in [0.25, 0.3) is 5.91 Å². The number of amides is 1. The Hall–Kier alpha value is -1.31. The van der Waals surface area contributed by atoms with Crippen LogP contribution in [0.3, 0.4) is 0 Å². The zero-order valence-electron chi connectivity index (χ0n) is 10.9. The maximum atomic E-state index is 11.4. The minimum Gasteiger partial charge on any atom is -0.356 e. The number of hydrogen-bond acceptors (Lipinski definition) is 4. The van der Waals surface area contributed by atoms with Crippen molar-refractivity contribution in [3.8, 4) is 0 Å². The Morgan fingerprint density at radius 3 is 2.68 bits per heavy atom. The highest BCUT2D eigenvalue weighted by Crippen LogP contribution is 2.04. The van der Waals surface area contributed by atoms with Gasteiger partial charge in [-0.05, 0) is 24.1 Å². The number of aliphatic imine (C=N–C) groups is 1. The molecule has 1 heterocycles. The molecule has 2 rings (SSSR count). The van der Waals surface area contributed by atoms with E-state index in [1.807, 2.05) is 24.3 Å². The molecule has 1 aliphatic rings. The fraction of sp³-hybridized carbons (Fsp3) is 0.385. The summed E-state index contributed by atoms with van der Waals surface area (Å²) in [5.74, 6) is 0.796. The Morgan fingerprint density at radius 2 is 2.11 bits per heavy atom. The molecule has 104 valence electrons. The molecule has 1 aromatic carbocycles. The summed E-state index contributed by atoms with van der Waals surface area (Å²) in [5, 5.41) is 9.04. The molecule has 1 amide bonds.